The normalized spacial score (nSPS) is 10.6. The van der Waals surface area contributed by atoms with Crippen LogP contribution in [0.15, 0.2) is 48.5 Å². The molecule has 0 unspecified atom stereocenters. The molecule has 0 spiro atoms. The molecule has 108 valence electrons. The van der Waals surface area contributed by atoms with Crippen molar-refractivity contribution >= 4 is 11.9 Å². The number of methoxy groups -OCH3 is 2. The lowest BCUT2D eigenvalue weighted by atomic mass is 10.1. The lowest BCUT2D eigenvalue weighted by molar-refractivity contribution is 0.104. The zero-order valence-corrected chi connectivity index (χ0v) is 12.4. The quantitative estimate of drug-likeness (QED) is 0.616. The first kappa shape index (κ1) is 14.9. The Morgan fingerprint density at radius 2 is 1.71 bits per heavy atom. The smallest absolute Gasteiger partial charge is 0.185 e. The van der Waals surface area contributed by atoms with E-state index in [0.717, 1.165) is 11.1 Å². The first-order valence-electron chi connectivity index (χ1n) is 6.65. The zero-order chi connectivity index (χ0) is 15.2. The fourth-order valence-corrected chi connectivity index (χ4v) is 1.94. The first-order valence-corrected chi connectivity index (χ1v) is 6.65. The van der Waals surface area contributed by atoms with E-state index in [0.29, 0.717) is 17.1 Å². The van der Waals surface area contributed by atoms with Crippen molar-refractivity contribution < 1.29 is 14.3 Å². The molecule has 3 heteroatoms. The number of carbonyl (C=O) groups is 1. The van der Waals surface area contributed by atoms with Crippen LogP contribution in [-0.4, -0.2) is 20.0 Å². The SMILES string of the molecule is COc1ccc(/C=C/C(=O)c2ccc(C)cc2)c(OC)c1. The molecule has 0 saturated heterocycles. The lowest BCUT2D eigenvalue weighted by Crippen LogP contribution is -1.94. The van der Waals surface area contributed by atoms with Crippen LogP contribution in [0.1, 0.15) is 21.5 Å². The van der Waals surface area contributed by atoms with Crippen LogP contribution >= 0.6 is 0 Å². The van der Waals surface area contributed by atoms with Crippen LogP contribution in [0, 0.1) is 6.92 Å². The van der Waals surface area contributed by atoms with Crippen molar-refractivity contribution in [1.82, 2.24) is 0 Å². The van der Waals surface area contributed by atoms with Gasteiger partial charge in [0, 0.05) is 17.2 Å². The molecule has 0 radical (unpaired) electrons. The van der Waals surface area contributed by atoms with Crippen molar-refractivity contribution in [3.8, 4) is 11.5 Å². The van der Waals surface area contributed by atoms with Gasteiger partial charge in [-0.3, -0.25) is 4.79 Å². The summed E-state index contributed by atoms with van der Waals surface area (Å²) in [5, 5.41) is 0. The molecule has 0 aromatic heterocycles. The van der Waals surface area contributed by atoms with E-state index >= 15 is 0 Å². The Morgan fingerprint density at radius 3 is 2.33 bits per heavy atom. The van der Waals surface area contributed by atoms with Gasteiger partial charge >= 0.3 is 0 Å². The van der Waals surface area contributed by atoms with Gasteiger partial charge in [-0.15, -0.1) is 0 Å². The highest BCUT2D eigenvalue weighted by molar-refractivity contribution is 6.06. The van der Waals surface area contributed by atoms with Gasteiger partial charge in [-0.1, -0.05) is 29.8 Å². The number of ketones is 1. The molecule has 2 rings (SSSR count). The zero-order valence-electron chi connectivity index (χ0n) is 12.4. The highest BCUT2D eigenvalue weighted by Gasteiger charge is 2.04. The third kappa shape index (κ3) is 3.72. The predicted molar refractivity (Wildman–Crippen MR) is 84.1 cm³/mol. The maximum atomic E-state index is 12.1. The third-order valence-corrected chi connectivity index (χ3v) is 3.19. The van der Waals surface area contributed by atoms with Crippen molar-refractivity contribution in [2.45, 2.75) is 6.92 Å². The number of aryl methyl sites for hydroxylation is 1. The van der Waals surface area contributed by atoms with E-state index in [9.17, 15) is 4.79 Å². The second-order valence-corrected chi connectivity index (χ2v) is 4.67. The Bertz CT molecular complexity index is 655. The van der Waals surface area contributed by atoms with Crippen LogP contribution in [0.4, 0.5) is 0 Å². The van der Waals surface area contributed by atoms with Gasteiger partial charge in [-0.25, -0.2) is 0 Å². The van der Waals surface area contributed by atoms with E-state index in [-0.39, 0.29) is 5.78 Å². The maximum absolute atomic E-state index is 12.1. The third-order valence-electron chi connectivity index (χ3n) is 3.19. The van der Waals surface area contributed by atoms with E-state index in [4.69, 9.17) is 9.47 Å². The summed E-state index contributed by atoms with van der Waals surface area (Å²) >= 11 is 0. The summed E-state index contributed by atoms with van der Waals surface area (Å²) in [6.07, 6.45) is 3.30. The van der Waals surface area contributed by atoms with Gasteiger partial charge in [0.1, 0.15) is 11.5 Å². The Balaban J connectivity index is 2.20. The van der Waals surface area contributed by atoms with Gasteiger partial charge in [0.15, 0.2) is 5.78 Å². The molecule has 0 N–H and O–H groups in total. The minimum Gasteiger partial charge on any atom is -0.497 e. The van der Waals surface area contributed by atoms with E-state index in [1.165, 1.54) is 0 Å². The molecule has 0 aliphatic carbocycles. The van der Waals surface area contributed by atoms with Gasteiger partial charge in [-0.05, 0) is 31.2 Å². The van der Waals surface area contributed by atoms with Crippen LogP contribution in [0.2, 0.25) is 0 Å². The molecular weight excluding hydrogens is 264 g/mol. The number of ether oxygens (including phenoxy) is 2. The predicted octanol–water partition coefficient (Wildman–Crippen LogP) is 3.91. The Kier molecular flexibility index (Phi) is 4.77. The molecule has 0 atom stereocenters. The number of hydrogen-bond acceptors (Lipinski definition) is 3. The van der Waals surface area contributed by atoms with Crippen LogP contribution in [0.5, 0.6) is 11.5 Å². The molecule has 0 fully saturated rings. The highest BCUT2D eigenvalue weighted by atomic mass is 16.5. The average molecular weight is 282 g/mol. The van der Waals surface area contributed by atoms with Gasteiger partial charge in [0.2, 0.25) is 0 Å². The fourth-order valence-electron chi connectivity index (χ4n) is 1.94. The molecule has 0 aliphatic heterocycles. The van der Waals surface area contributed by atoms with Crippen molar-refractivity contribution in [3.05, 3.63) is 65.2 Å². The monoisotopic (exact) mass is 282 g/mol. The van der Waals surface area contributed by atoms with Crippen LogP contribution in [-0.2, 0) is 0 Å². The van der Waals surface area contributed by atoms with Gasteiger partial charge in [-0.2, -0.15) is 0 Å². The van der Waals surface area contributed by atoms with E-state index in [1.807, 2.05) is 43.3 Å². The van der Waals surface area contributed by atoms with Crippen molar-refractivity contribution in [1.29, 1.82) is 0 Å². The average Bonchev–Trinajstić information content (AvgIpc) is 2.53. The fraction of sp³-hybridized carbons (Fsp3) is 0.167. The summed E-state index contributed by atoms with van der Waals surface area (Å²) in [5.41, 5.74) is 2.63. The van der Waals surface area contributed by atoms with E-state index < -0.39 is 0 Å². The minimum absolute atomic E-state index is 0.0344. The summed E-state index contributed by atoms with van der Waals surface area (Å²) in [7, 11) is 3.19. The van der Waals surface area contributed by atoms with Gasteiger partial charge in [0.05, 0.1) is 14.2 Å². The van der Waals surface area contributed by atoms with Crippen molar-refractivity contribution in [2.24, 2.45) is 0 Å². The summed E-state index contributed by atoms with van der Waals surface area (Å²) < 4.78 is 10.4. The summed E-state index contributed by atoms with van der Waals surface area (Å²) in [6.45, 7) is 1.99. The Hall–Kier alpha value is -2.55. The van der Waals surface area contributed by atoms with Crippen LogP contribution in [0.3, 0.4) is 0 Å². The minimum atomic E-state index is -0.0344. The maximum Gasteiger partial charge on any atom is 0.185 e. The Morgan fingerprint density at radius 1 is 1.00 bits per heavy atom. The summed E-state index contributed by atoms with van der Waals surface area (Å²) in [5.74, 6) is 1.35. The molecular formula is C18H18O3. The molecule has 3 nitrogen and oxygen atoms in total. The van der Waals surface area contributed by atoms with Gasteiger partial charge < -0.3 is 9.47 Å². The number of allylic oxidation sites excluding steroid dienone is 1. The largest absolute Gasteiger partial charge is 0.497 e. The standard InChI is InChI=1S/C18H18O3/c1-13-4-6-14(7-5-13)17(19)11-9-15-8-10-16(20-2)12-18(15)21-3/h4-12H,1-3H3/b11-9+. The lowest BCUT2D eigenvalue weighted by Gasteiger charge is -2.07. The molecule has 2 aromatic rings. The first-order chi connectivity index (χ1) is 10.1. The molecule has 21 heavy (non-hydrogen) atoms. The Labute approximate surface area is 124 Å². The van der Waals surface area contributed by atoms with Crippen LogP contribution < -0.4 is 9.47 Å². The molecule has 0 amide bonds. The topological polar surface area (TPSA) is 35.5 Å². The molecule has 0 aliphatic rings. The summed E-state index contributed by atoms with van der Waals surface area (Å²) in [6, 6.07) is 13.0. The van der Waals surface area contributed by atoms with E-state index in [1.54, 1.807) is 32.4 Å². The summed E-state index contributed by atoms with van der Waals surface area (Å²) in [4.78, 5) is 12.1. The number of hydrogen-bond donors (Lipinski definition) is 0. The molecule has 0 bridgehead atoms. The molecule has 2 aromatic carbocycles. The number of carbonyl (C=O) groups excluding carboxylic acids is 1. The van der Waals surface area contributed by atoms with Crippen LogP contribution in [0.25, 0.3) is 6.08 Å². The molecule has 0 saturated carbocycles. The number of rotatable bonds is 5. The highest BCUT2D eigenvalue weighted by Crippen LogP contribution is 2.25. The van der Waals surface area contributed by atoms with Gasteiger partial charge in [0.25, 0.3) is 0 Å². The second-order valence-electron chi connectivity index (χ2n) is 4.67. The number of benzene rings is 2. The van der Waals surface area contributed by atoms with Crippen molar-refractivity contribution in [3.63, 3.8) is 0 Å². The van der Waals surface area contributed by atoms with E-state index in [2.05, 4.69) is 0 Å². The second kappa shape index (κ2) is 6.75. The molecule has 0 heterocycles. The van der Waals surface area contributed by atoms with Crippen molar-refractivity contribution in [2.75, 3.05) is 14.2 Å².